The van der Waals surface area contributed by atoms with E-state index in [0.29, 0.717) is 5.56 Å². The summed E-state index contributed by atoms with van der Waals surface area (Å²) in [6.45, 7) is 0. The van der Waals surface area contributed by atoms with Crippen molar-refractivity contribution < 1.29 is 5.11 Å². The van der Waals surface area contributed by atoms with Gasteiger partial charge in [0.2, 0.25) is 0 Å². The first-order chi connectivity index (χ1) is 6.79. The van der Waals surface area contributed by atoms with E-state index in [1.54, 1.807) is 36.3 Å². The molecule has 5 nitrogen and oxygen atoms in total. The number of aryl methyl sites for hydroxylation is 1. The van der Waals surface area contributed by atoms with Crippen LogP contribution in [0.2, 0.25) is 0 Å². The fourth-order valence-corrected chi connectivity index (χ4v) is 1.29. The van der Waals surface area contributed by atoms with Gasteiger partial charge in [0.1, 0.15) is 6.10 Å². The Morgan fingerprint density at radius 3 is 2.71 bits per heavy atom. The summed E-state index contributed by atoms with van der Waals surface area (Å²) >= 11 is 0. The molecule has 2 rings (SSSR count). The van der Waals surface area contributed by atoms with Crippen LogP contribution in [0.15, 0.2) is 30.7 Å². The number of aromatic nitrogens is 4. The highest BCUT2D eigenvalue weighted by molar-refractivity contribution is 5.20. The third-order valence-electron chi connectivity index (χ3n) is 2.06. The van der Waals surface area contributed by atoms with Gasteiger partial charge in [-0.25, -0.2) is 0 Å². The molecular formula is C9H10N4O. The molecule has 0 amide bonds. The molecule has 0 aromatic carbocycles. The number of aliphatic hydroxyl groups excluding tert-OH is 1. The SMILES string of the molecule is Cn1nccc1C(O)c1ccnnc1. The van der Waals surface area contributed by atoms with Gasteiger partial charge in [-0.3, -0.25) is 4.68 Å². The van der Waals surface area contributed by atoms with Crippen molar-refractivity contribution in [2.24, 2.45) is 7.05 Å². The minimum atomic E-state index is -0.696. The molecule has 0 aliphatic heterocycles. The molecule has 0 aliphatic rings. The van der Waals surface area contributed by atoms with E-state index in [1.165, 1.54) is 6.20 Å². The Balaban J connectivity index is 2.34. The molecule has 1 N–H and O–H groups in total. The second-order valence-corrected chi connectivity index (χ2v) is 2.96. The fourth-order valence-electron chi connectivity index (χ4n) is 1.29. The van der Waals surface area contributed by atoms with Crippen LogP contribution >= 0.6 is 0 Å². The van der Waals surface area contributed by atoms with E-state index in [-0.39, 0.29) is 0 Å². The van der Waals surface area contributed by atoms with Crippen molar-refractivity contribution in [2.75, 3.05) is 0 Å². The van der Waals surface area contributed by atoms with E-state index in [2.05, 4.69) is 15.3 Å². The maximum Gasteiger partial charge on any atom is 0.122 e. The lowest BCUT2D eigenvalue weighted by Crippen LogP contribution is -2.06. The van der Waals surface area contributed by atoms with Crippen LogP contribution in [0.25, 0.3) is 0 Å². The fraction of sp³-hybridized carbons (Fsp3) is 0.222. The Morgan fingerprint density at radius 1 is 1.29 bits per heavy atom. The highest BCUT2D eigenvalue weighted by Gasteiger charge is 2.13. The Bertz CT molecular complexity index is 412. The van der Waals surface area contributed by atoms with E-state index < -0.39 is 6.10 Å². The minimum Gasteiger partial charge on any atom is -0.382 e. The number of nitrogens with zero attached hydrogens (tertiary/aromatic N) is 4. The average molecular weight is 190 g/mol. The molecule has 0 radical (unpaired) electrons. The predicted octanol–water partition coefficient (Wildman–Crippen LogP) is 0.292. The minimum absolute atomic E-state index is 0.696. The molecule has 0 aliphatic carbocycles. The summed E-state index contributed by atoms with van der Waals surface area (Å²) < 4.78 is 1.63. The largest absolute Gasteiger partial charge is 0.382 e. The number of hydrogen-bond acceptors (Lipinski definition) is 4. The van der Waals surface area contributed by atoms with Gasteiger partial charge in [-0.2, -0.15) is 15.3 Å². The second-order valence-electron chi connectivity index (χ2n) is 2.96. The number of rotatable bonds is 2. The lowest BCUT2D eigenvalue weighted by Gasteiger charge is -2.09. The zero-order valence-corrected chi connectivity index (χ0v) is 7.70. The summed E-state index contributed by atoms with van der Waals surface area (Å²) in [6.07, 6.45) is 4.04. The molecule has 1 unspecified atom stereocenters. The van der Waals surface area contributed by atoms with Gasteiger partial charge in [0, 0.05) is 25.0 Å². The summed E-state index contributed by atoms with van der Waals surface area (Å²) in [5.74, 6) is 0. The molecule has 72 valence electrons. The van der Waals surface area contributed by atoms with Crippen LogP contribution in [0, 0.1) is 0 Å². The first-order valence-electron chi connectivity index (χ1n) is 4.21. The zero-order chi connectivity index (χ0) is 9.97. The van der Waals surface area contributed by atoms with Gasteiger partial charge in [-0.15, -0.1) is 0 Å². The van der Waals surface area contributed by atoms with Crippen molar-refractivity contribution in [1.29, 1.82) is 0 Å². The number of aliphatic hydroxyl groups is 1. The van der Waals surface area contributed by atoms with Gasteiger partial charge in [0.15, 0.2) is 0 Å². The van der Waals surface area contributed by atoms with Crippen LogP contribution < -0.4 is 0 Å². The van der Waals surface area contributed by atoms with Crippen LogP contribution in [0.1, 0.15) is 17.4 Å². The van der Waals surface area contributed by atoms with Crippen molar-refractivity contribution in [1.82, 2.24) is 20.0 Å². The molecule has 5 heteroatoms. The van der Waals surface area contributed by atoms with Crippen LogP contribution in [0.3, 0.4) is 0 Å². The van der Waals surface area contributed by atoms with Gasteiger partial charge in [-0.05, 0) is 12.1 Å². The molecule has 0 fully saturated rings. The summed E-state index contributed by atoms with van der Waals surface area (Å²) in [4.78, 5) is 0. The maximum absolute atomic E-state index is 9.93. The quantitative estimate of drug-likeness (QED) is 0.739. The smallest absolute Gasteiger partial charge is 0.122 e. The highest BCUT2D eigenvalue weighted by Crippen LogP contribution is 2.19. The third kappa shape index (κ3) is 1.49. The molecule has 14 heavy (non-hydrogen) atoms. The Hall–Kier alpha value is -1.75. The molecule has 0 bridgehead atoms. The molecule has 2 aromatic rings. The van der Waals surface area contributed by atoms with E-state index in [9.17, 15) is 5.11 Å². The third-order valence-corrected chi connectivity index (χ3v) is 2.06. The van der Waals surface area contributed by atoms with Crippen LogP contribution in [0.4, 0.5) is 0 Å². The lowest BCUT2D eigenvalue weighted by atomic mass is 10.1. The van der Waals surface area contributed by atoms with Crippen molar-refractivity contribution in [3.63, 3.8) is 0 Å². The topological polar surface area (TPSA) is 63.8 Å². The summed E-state index contributed by atoms with van der Waals surface area (Å²) in [7, 11) is 1.78. The highest BCUT2D eigenvalue weighted by atomic mass is 16.3. The van der Waals surface area contributed by atoms with Gasteiger partial charge in [-0.1, -0.05) is 0 Å². The van der Waals surface area contributed by atoms with Crippen molar-refractivity contribution in [3.05, 3.63) is 42.0 Å². The summed E-state index contributed by atoms with van der Waals surface area (Å²) in [5, 5.41) is 21.3. The van der Waals surface area contributed by atoms with E-state index >= 15 is 0 Å². The second kappa shape index (κ2) is 3.55. The summed E-state index contributed by atoms with van der Waals surface area (Å²) in [6, 6.07) is 3.50. The molecule has 2 aromatic heterocycles. The Labute approximate surface area is 81.0 Å². The van der Waals surface area contributed by atoms with Crippen LogP contribution in [-0.4, -0.2) is 25.1 Å². The normalized spacial score (nSPS) is 12.7. The van der Waals surface area contributed by atoms with E-state index in [0.717, 1.165) is 5.69 Å². The molecular weight excluding hydrogens is 180 g/mol. The Kier molecular flexibility index (Phi) is 2.24. The first kappa shape index (κ1) is 8.83. The van der Waals surface area contributed by atoms with Crippen LogP contribution in [0.5, 0.6) is 0 Å². The number of hydrogen-bond donors (Lipinski definition) is 1. The van der Waals surface area contributed by atoms with E-state index in [4.69, 9.17) is 0 Å². The molecule has 2 heterocycles. The van der Waals surface area contributed by atoms with Gasteiger partial charge in [0.25, 0.3) is 0 Å². The molecule has 1 atom stereocenters. The van der Waals surface area contributed by atoms with Gasteiger partial charge >= 0.3 is 0 Å². The first-order valence-corrected chi connectivity index (χ1v) is 4.21. The van der Waals surface area contributed by atoms with Crippen molar-refractivity contribution in [3.8, 4) is 0 Å². The predicted molar refractivity (Wildman–Crippen MR) is 49.3 cm³/mol. The van der Waals surface area contributed by atoms with Gasteiger partial charge in [0.05, 0.1) is 11.9 Å². The monoisotopic (exact) mass is 190 g/mol. The van der Waals surface area contributed by atoms with Crippen LogP contribution in [-0.2, 0) is 7.05 Å². The Morgan fingerprint density at radius 2 is 2.14 bits per heavy atom. The summed E-state index contributed by atoms with van der Waals surface area (Å²) in [5.41, 5.74) is 1.45. The standard InChI is InChI=1S/C9H10N4O/c1-13-8(3-5-12-13)9(14)7-2-4-10-11-6-7/h2-6,9,14H,1H3. The molecule has 0 saturated heterocycles. The lowest BCUT2D eigenvalue weighted by molar-refractivity contribution is 0.209. The van der Waals surface area contributed by atoms with E-state index in [1.807, 2.05) is 0 Å². The zero-order valence-electron chi connectivity index (χ0n) is 7.70. The molecule has 0 spiro atoms. The van der Waals surface area contributed by atoms with Gasteiger partial charge < -0.3 is 5.11 Å². The maximum atomic E-state index is 9.93. The average Bonchev–Trinajstić information content (AvgIpc) is 2.65. The van der Waals surface area contributed by atoms with Crippen molar-refractivity contribution >= 4 is 0 Å². The molecule has 0 saturated carbocycles. The van der Waals surface area contributed by atoms with Crippen molar-refractivity contribution in [2.45, 2.75) is 6.10 Å².